The molecule has 5 rings (SSSR count). The van der Waals surface area contributed by atoms with E-state index in [4.69, 9.17) is 4.74 Å². The highest BCUT2D eigenvalue weighted by Crippen LogP contribution is 2.48. The van der Waals surface area contributed by atoms with Crippen molar-refractivity contribution in [1.29, 1.82) is 0 Å². The van der Waals surface area contributed by atoms with Crippen LogP contribution in [-0.4, -0.2) is 53.0 Å². The van der Waals surface area contributed by atoms with Crippen LogP contribution in [0.5, 0.6) is 0 Å². The van der Waals surface area contributed by atoms with Gasteiger partial charge in [0.05, 0.1) is 13.1 Å². The Morgan fingerprint density at radius 2 is 1.57 bits per heavy atom. The minimum Gasteiger partial charge on any atom is -0.385 e. The van der Waals surface area contributed by atoms with Gasteiger partial charge in [-0.3, -0.25) is 9.59 Å². The maximum Gasteiger partial charge on any atom is 0.242 e. The van der Waals surface area contributed by atoms with Gasteiger partial charge in [-0.25, -0.2) is 4.39 Å². The van der Waals surface area contributed by atoms with Crippen LogP contribution in [-0.2, 0) is 34.0 Å². The number of methoxy groups -OCH3 is 1. The Balaban J connectivity index is 1.33. The van der Waals surface area contributed by atoms with Crippen molar-refractivity contribution in [2.24, 2.45) is 5.92 Å². The summed E-state index contributed by atoms with van der Waals surface area (Å²) in [5.41, 5.74) is 4.13. The average Bonchev–Trinajstić information content (AvgIpc) is 3.71. The molecule has 6 nitrogen and oxygen atoms in total. The van der Waals surface area contributed by atoms with Crippen LogP contribution in [0.2, 0.25) is 0 Å². The number of hydrogen-bond donors (Lipinski definition) is 0. The third-order valence-corrected chi connectivity index (χ3v) is 7.86. The van der Waals surface area contributed by atoms with Crippen LogP contribution in [0.4, 0.5) is 4.39 Å². The minimum absolute atomic E-state index is 0.0199. The van der Waals surface area contributed by atoms with Crippen molar-refractivity contribution in [2.45, 2.75) is 38.4 Å². The zero-order valence-corrected chi connectivity index (χ0v) is 24.1. The topological polar surface area (TPSA) is 54.8 Å². The smallest absolute Gasteiger partial charge is 0.242 e. The largest absolute Gasteiger partial charge is 0.385 e. The van der Waals surface area contributed by atoms with Gasteiger partial charge in [-0.1, -0.05) is 72.8 Å². The molecule has 7 heteroatoms. The fourth-order valence-electron chi connectivity index (χ4n) is 5.47. The zero-order chi connectivity index (χ0) is 29.3. The van der Waals surface area contributed by atoms with Crippen molar-refractivity contribution in [2.75, 3.05) is 26.8 Å². The highest BCUT2D eigenvalue weighted by molar-refractivity contribution is 5.88. The molecule has 0 saturated heterocycles. The van der Waals surface area contributed by atoms with Crippen LogP contribution in [0.15, 0.2) is 103 Å². The molecular formula is C35H38FN3O3. The molecule has 218 valence electrons. The molecule has 2 amide bonds. The molecule has 4 aromatic rings. The molecule has 1 aromatic heterocycles. The van der Waals surface area contributed by atoms with Gasteiger partial charge in [0.1, 0.15) is 5.82 Å². The summed E-state index contributed by atoms with van der Waals surface area (Å²) < 4.78 is 20.8. The Hall–Kier alpha value is -4.23. The van der Waals surface area contributed by atoms with E-state index in [1.165, 1.54) is 17.7 Å². The Morgan fingerprint density at radius 1 is 0.857 bits per heavy atom. The number of halogens is 1. The normalized spacial score (nSPS) is 15.8. The van der Waals surface area contributed by atoms with E-state index < -0.39 is 0 Å². The second-order valence-corrected chi connectivity index (χ2v) is 11.0. The number of carbonyl (C=O) groups excluding carboxylic acids is 2. The molecule has 1 fully saturated rings. The molecular weight excluding hydrogens is 529 g/mol. The molecule has 1 aliphatic carbocycles. The van der Waals surface area contributed by atoms with Crippen molar-refractivity contribution < 1.29 is 18.7 Å². The summed E-state index contributed by atoms with van der Waals surface area (Å²) in [6, 6.07) is 30.5. The molecule has 0 aliphatic heterocycles. The van der Waals surface area contributed by atoms with Crippen LogP contribution in [0.25, 0.3) is 0 Å². The average molecular weight is 568 g/mol. The molecule has 1 aliphatic rings. The van der Waals surface area contributed by atoms with Gasteiger partial charge < -0.3 is 19.1 Å². The molecule has 0 spiro atoms. The van der Waals surface area contributed by atoms with E-state index in [-0.39, 0.29) is 36.0 Å². The first kappa shape index (κ1) is 29.3. The van der Waals surface area contributed by atoms with E-state index in [0.29, 0.717) is 39.2 Å². The number of nitrogens with zero attached hydrogens (tertiary/aromatic N) is 3. The van der Waals surface area contributed by atoms with Crippen LogP contribution in [0.1, 0.15) is 41.1 Å². The summed E-state index contributed by atoms with van der Waals surface area (Å²) in [7, 11) is 1.65. The second-order valence-electron chi connectivity index (χ2n) is 11.0. The summed E-state index contributed by atoms with van der Waals surface area (Å²) >= 11 is 0. The predicted octanol–water partition coefficient (Wildman–Crippen LogP) is 5.87. The number of aromatic nitrogens is 1. The Morgan fingerprint density at radius 3 is 2.29 bits per heavy atom. The van der Waals surface area contributed by atoms with Crippen molar-refractivity contribution in [3.63, 3.8) is 0 Å². The maximum atomic E-state index is 14.0. The monoisotopic (exact) mass is 567 g/mol. The van der Waals surface area contributed by atoms with Gasteiger partial charge in [-0.15, -0.1) is 0 Å². The summed E-state index contributed by atoms with van der Waals surface area (Å²) in [6.07, 6.45) is 3.45. The summed E-state index contributed by atoms with van der Waals surface area (Å²) in [6.45, 7) is 2.40. The number of hydrogen-bond acceptors (Lipinski definition) is 3. The Bertz CT molecular complexity index is 1440. The Kier molecular flexibility index (Phi) is 9.82. The second kappa shape index (κ2) is 14.1. The number of ether oxygens (including phenoxy) is 1. The molecule has 0 N–H and O–H groups in total. The first-order valence-corrected chi connectivity index (χ1v) is 14.5. The first-order chi connectivity index (χ1) is 20.5. The molecule has 2 unspecified atom stereocenters. The van der Waals surface area contributed by atoms with E-state index in [9.17, 15) is 14.0 Å². The van der Waals surface area contributed by atoms with Gasteiger partial charge in [-0.05, 0) is 59.7 Å². The van der Waals surface area contributed by atoms with Gasteiger partial charge in [0.25, 0.3) is 0 Å². The number of rotatable bonds is 14. The van der Waals surface area contributed by atoms with E-state index in [0.717, 1.165) is 23.2 Å². The lowest BCUT2D eigenvalue weighted by Crippen LogP contribution is -2.44. The fraction of sp³-hybridized carbons (Fsp3) is 0.314. The van der Waals surface area contributed by atoms with Crippen molar-refractivity contribution >= 4 is 11.8 Å². The van der Waals surface area contributed by atoms with Crippen molar-refractivity contribution in [3.05, 3.63) is 131 Å². The van der Waals surface area contributed by atoms with Gasteiger partial charge in [0.2, 0.25) is 11.8 Å². The summed E-state index contributed by atoms with van der Waals surface area (Å²) in [5, 5.41) is 0. The zero-order valence-electron chi connectivity index (χ0n) is 24.1. The molecule has 2 atom stereocenters. The van der Waals surface area contributed by atoms with Gasteiger partial charge in [0.15, 0.2) is 0 Å². The van der Waals surface area contributed by atoms with Crippen LogP contribution >= 0.6 is 0 Å². The highest BCUT2D eigenvalue weighted by atomic mass is 19.1. The molecule has 1 saturated carbocycles. The SMILES string of the molecule is COCCCN(CC(=O)N(Cc1ccccc1)Cc1cccn1Cc1ccc(F)cc1)C(=O)C1CC1c1ccccc1. The van der Waals surface area contributed by atoms with Crippen LogP contribution in [0, 0.1) is 11.7 Å². The number of benzene rings is 3. The van der Waals surface area contributed by atoms with E-state index in [1.807, 2.05) is 71.8 Å². The molecule has 1 heterocycles. The van der Waals surface area contributed by atoms with Gasteiger partial charge >= 0.3 is 0 Å². The lowest BCUT2D eigenvalue weighted by molar-refractivity contribution is -0.142. The molecule has 0 bridgehead atoms. The molecule has 3 aromatic carbocycles. The fourth-order valence-corrected chi connectivity index (χ4v) is 5.47. The number of carbonyl (C=O) groups is 2. The highest BCUT2D eigenvalue weighted by Gasteiger charge is 2.46. The Labute approximate surface area is 247 Å². The minimum atomic E-state index is -0.267. The molecule has 0 radical (unpaired) electrons. The maximum absolute atomic E-state index is 14.0. The first-order valence-electron chi connectivity index (χ1n) is 14.5. The predicted molar refractivity (Wildman–Crippen MR) is 161 cm³/mol. The standard InChI is InChI=1S/C35H38FN3O3/c1-42-21-9-20-38(35(41)33-22-32(33)29-12-6-3-7-13-29)26-34(40)39(24-27-10-4-2-5-11-27)25-31-14-8-19-37(31)23-28-15-17-30(36)18-16-28/h2-8,10-19,32-33H,9,20-26H2,1H3. The van der Waals surface area contributed by atoms with E-state index in [1.54, 1.807) is 24.1 Å². The third-order valence-electron chi connectivity index (χ3n) is 7.86. The quantitative estimate of drug-likeness (QED) is 0.179. The van der Waals surface area contributed by atoms with Crippen molar-refractivity contribution in [3.8, 4) is 0 Å². The van der Waals surface area contributed by atoms with Crippen LogP contribution < -0.4 is 0 Å². The lowest BCUT2D eigenvalue weighted by atomic mass is 10.1. The lowest BCUT2D eigenvalue weighted by Gasteiger charge is -2.28. The van der Waals surface area contributed by atoms with Gasteiger partial charge in [0, 0.05) is 51.2 Å². The summed E-state index contributed by atoms with van der Waals surface area (Å²) in [4.78, 5) is 31.2. The summed E-state index contributed by atoms with van der Waals surface area (Å²) in [5.74, 6) is -0.229. The van der Waals surface area contributed by atoms with Crippen molar-refractivity contribution in [1.82, 2.24) is 14.4 Å². The third kappa shape index (κ3) is 7.74. The van der Waals surface area contributed by atoms with E-state index >= 15 is 0 Å². The van der Waals surface area contributed by atoms with Crippen LogP contribution in [0.3, 0.4) is 0 Å². The van der Waals surface area contributed by atoms with Gasteiger partial charge in [-0.2, -0.15) is 0 Å². The number of amides is 2. The molecule has 42 heavy (non-hydrogen) atoms. The van der Waals surface area contributed by atoms with E-state index in [2.05, 4.69) is 16.7 Å².